The number of sulfonamides is 1. The van der Waals surface area contributed by atoms with Crippen LogP contribution in [0, 0.1) is 0 Å². The van der Waals surface area contributed by atoms with Gasteiger partial charge in [0.15, 0.2) is 0 Å². The minimum Gasteiger partial charge on any atom is -0.355 e. The van der Waals surface area contributed by atoms with Gasteiger partial charge in [0, 0.05) is 31.2 Å². The molecule has 2 aromatic carbocycles. The lowest BCUT2D eigenvalue weighted by atomic mass is 10.1. The Bertz CT molecular complexity index is 1110. The normalized spacial score (nSPS) is 19.2. The highest BCUT2D eigenvalue weighted by Crippen LogP contribution is 2.26. The molecule has 182 valence electrons. The number of nitrogens with zero attached hydrogens (tertiary/aromatic N) is 2. The van der Waals surface area contributed by atoms with Gasteiger partial charge >= 0.3 is 0 Å². The van der Waals surface area contributed by atoms with Gasteiger partial charge in [-0.1, -0.05) is 35.9 Å². The van der Waals surface area contributed by atoms with Crippen LogP contribution in [0.4, 0.5) is 0 Å². The second kappa shape index (κ2) is 10.9. The Kier molecular flexibility index (Phi) is 7.91. The second-order valence-corrected chi connectivity index (χ2v) is 11.2. The SMILES string of the molecule is O=C1NCCCC[C@H]1N(Cc1ccc(CC(=O)N2CCCC2)cc1)S(=O)(=O)c1ccc(Cl)cc1. The third-order valence-electron chi connectivity index (χ3n) is 6.45. The quantitative estimate of drug-likeness (QED) is 0.627. The number of halogens is 1. The standard InChI is InChI=1S/C25H30ClN3O4S/c26-21-10-12-22(13-11-21)34(32,33)29(23-5-1-2-14-27-25(23)31)18-20-8-6-19(7-9-20)17-24(30)28-15-3-4-16-28/h6-13,23H,1-5,14-18H2,(H,27,31)/t23-/m1/s1. The van der Waals surface area contributed by atoms with E-state index in [2.05, 4.69) is 5.32 Å². The van der Waals surface area contributed by atoms with Crippen molar-refractivity contribution in [2.45, 2.75) is 56.0 Å². The van der Waals surface area contributed by atoms with Crippen LogP contribution in [0.25, 0.3) is 0 Å². The molecule has 0 aromatic heterocycles. The fraction of sp³-hybridized carbons (Fsp3) is 0.440. The van der Waals surface area contributed by atoms with Crippen LogP contribution in [0.2, 0.25) is 5.02 Å². The van der Waals surface area contributed by atoms with Gasteiger partial charge < -0.3 is 10.2 Å². The zero-order chi connectivity index (χ0) is 24.1. The van der Waals surface area contributed by atoms with Crippen molar-refractivity contribution < 1.29 is 18.0 Å². The van der Waals surface area contributed by atoms with Crippen LogP contribution >= 0.6 is 11.6 Å². The molecule has 0 unspecified atom stereocenters. The van der Waals surface area contributed by atoms with Crippen LogP contribution in [-0.2, 0) is 32.6 Å². The van der Waals surface area contributed by atoms with E-state index in [0.29, 0.717) is 24.4 Å². The van der Waals surface area contributed by atoms with Gasteiger partial charge in [0.05, 0.1) is 11.3 Å². The van der Waals surface area contributed by atoms with Gasteiger partial charge in [-0.2, -0.15) is 4.31 Å². The fourth-order valence-corrected chi connectivity index (χ4v) is 6.23. The molecule has 1 atom stereocenters. The van der Waals surface area contributed by atoms with Crippen molar-refractivity contribution in [2.75, 3.05) is 19.6 Å². The number of carbonyl (C=O) groups excluding carboxylic acids is 2. The van der Waals surface area contributed by atoms with Crippen LogP contribution in [-0.4, -0.2) is 55.1 Å². The monoisotopic (exact) mass is 503 g/mol. The molecule has 34 heavy (non-hydrogen) atoms. The topological polar surface area (TPSA) is 86.8 Å². The molecule has 0 aliphatic carbocycles. The van der Waals surface area contributed by atoms with Crippen molar-refractivity contribution in [2.24, 2.45) is 0 Å². The molecule has 2 aliphatic rings. The van der Waals surface area contributed by atoms with Gasteiger partial charge in [0.2, 0.25) is 21.8 Å². The predicted molar refractivity (Wildman–Crippen MR) is 131 cm³/mol. The summed E-state index contributed by atoms with van der Waals surface area (Å²) in [6.07, 6.45) is 4.47. The Labute approximate surface area is 206 Å². The number of hydrogen-bond acceptors (Lipinski definition) is 4. The number of likely N-dealkylation sites (tertiary alicyclic amines) is 1. The van der Waals surface area contributed by atoms with Crippen LogP contribution in [0.1, 0.15) is 43.2 Å². The van der Waals surface area contributed by atoms with E-state index in [1.54, 1.807) is 0 Å². The van der Waals surface area contributed by atoms with E-state index in [1.165, 1.54) is 28.6 Å². The van der Waals surface area contributed by atoms with Gasteiger partial charge in [-0.05, 0) is 67.5 Å². The Morgan fingerprint density at radius 2 is 1.62 bits per heavy atom. The number of nitrogens with one attached hydrogen (secondary N) is 1. The molecule has 2 amide bonds. The number of amides is 2. The first-order valence-electron chi connectivity index (χ1n) is 11.8. The van der Waals surface area contributed by atoms with Gasteiger partial charge in [0.25, 0.3) is 0 Å². The highest BCUT2D eigenvalue weighted by atomic mass is 35.5. The molecule has 2 fully saturated rings. The summed E-state index contributed by atoms with van der Waals surface area (Å²) >= 11 is 5.96. The number of carbonyl (C=O) groups is 2. The van der Waals surface area contributed by atoms with Crippen molar-refractivity contribution in [3.63, 3.8) is 0 Å². The molecular weight excluding hydrogens is 474 g/mol. The molecule has 2 heterocycles. The molecule has 0 radical (unpaired) electrons. The molecular formula is C25H30ClN3O4S. The van der Waals surface area contributed by atoms with Crippen molar-refractivity contribution in [3.8, 4) is 0 Å². The van der Waals surface area contributed by atoms with E-state index in [9.17, 15) is 18.0 Å². The molecule has 9 heteroatoms. The van der Waals surface area contributed by atoms with E-state index in [-0.39, 0.29) is 23.3 Å². The minimum atomic E-state index is -3.95. The summed E-state index contributed by atoms with van der Waals surface area (Å²) in [5.74, 6) is -0.157. The van der Waals surface area contributed by atoms with Gasteiger partial charge in [-0.3, -0.25) is 9.59 Å². The summed E-state index contributed by atoms with van der Waals surface area (Å²) in [6, 6.07) is 12.6. The minimum absolute atomic E-state index is 0.0589. The van der Waals surface area contributed by atoms with Crippen LogP contribution in [0.15, 0.2) is 53.4 Å². The molecule has 2 saturated heterocycles. The lowest BCUT2D eigenvalue weighted by Gasteiger charge is -2.29. The first-order chi connectivity index (χ1) is 16.3. The second-order valence-electron chi connectivity index (χ2n) is 8.89. The van der Waals surface area contributed by atoms with E-state index in [0.717, 1.165) is 49.9 Å². The molecule has 0 spiro atoms. The highest BCUT2D eigenvalue weighted by Gasteiger charge is 2.36. The Morgan fingerprint density at radius 1 is 0.971 bits per heavy atom. The first-order valence-corrected chi connectivity index (χ1v) is 13.6. The van der Waals surface area contributed by atoms with E-state index >= 15 is 0 Å². The zero-order valence-corrected chi connectivity index (χ0v) is 20.7. The third kappa shape index (κ3) is 5.79. The molecule has 7 nitrogen and oxygen atoms in total. The van der Waals surface area contributed by atoms with Crippen LogP contribution in [0.5, 0.6) is 0 Å². The fourth-order valence-electron chi connectivity index (χ4n) is 4.50. The summed E-state index contributed by atoms with van der Waals surface area (Å²) in [6.45, 7) is 2.24. The predicted octanol–water partition coefficient (Wildman–Crippen LogP) is 3.36. The zero-order valence-electron chi connectivity index (χ0n) is 19.1. The van der Waals surface area contributed by atoms with Crippen LogP contribution in [0.3, 0.4) is 0 Å². The van der Waals surface area contributed by atoms with Crippen molar-refractivity contribution in [1.29, 1.82) is 0 Å². The summed E-state index contributed by atoms with van der Waals surface area (Å²) in [4.78, 5) is 27.2. The smallest absolute Gasteiger partial charge is 0.244 e. The van der Waals surface area contributed by atoms with Crippen LogP contribution < -0.4 is 5.32 Å². The molecule has 0 saturated carbocycles. The maximum atomic E-state index is 13.6. The Hall–Kier alpha value is -2.42. The summed E-state index contributed by atoms with van der Waals surface area (Å²) in [5, 5.41) is 3.28. The molecule has 4 rings (SSSR count). The molecule has 1 N–H and O–H groups in total. The Morgan fingerprint density at radius 3 is 2.29 bits per heavy atom. The van der Waals surface area contributed by atoms with Crippen molar-refractivity contribution in [1.82, 2.24) is 14.5 Å². The summed E-state index contributed by atoms with van der Waals surface area (Å²) in [5.41, 5.74) is 1.65. The summed E-state index contributed by atoms with van der Waals surface area (Å²) < 4.78 is 28.5. The average Bonchev–Trinajstić information content (AvgIpc) is 3.29. The molecule has 2 aliphatic heterocycles. The lowest BCUT2D eigenvalue weighted by Crippen LogP contribution is -2.48. The molecule has 2 aromatic rings. The number of hydrogen-bond donors (Lipinski definition) is 1. The summed E-state index contributed by atoms with van der Waals surface area (Å²) in [7, 11) is -3.95. The third-order valence-corrected chi connectivity index (χ3v) is 8.57. The lowest BCUT2D eigenvalue weighted by molar-refractivity contribution is -0.129. The largest absolute Gasteiger partial charge is 0.355 e. The first kappa shape index (κ1) is 24.7. The van der Waals surface area contributed by atoms with Gasteiger partial charge in [0.1, 0.15) is 6.04 Å². The maximum Gasteiger partial charge on any atom is 0.244 e. The van der Waals surface area contributed by atoms with Crippen molar-refractivity contribution in [3.05, 3.63) is 64.7 Å². The van der Waals surface area contributed by atoms with E-state index < -0.39 is 16.1 Å². The van der Waals surface area contributed by atoms with E-state index in [4.69, 9.17) is 11.6 Å². The molecule has 0 bridgehead atoms. The highest BCUT2D eigenvalue weighted by molar-refractivity contribution is 7.89. The van der Waals surface area contributed by atoms with Crippen molar-refractivity contribution >= 4 is 33.4 Å². The van der Waals surface area contributed by atoms with Gasteiger partial charge in [-0.25, -0.2) is 8.42 Å². The average molecular weight is 504 g/mol. The number of benzene rings is 2. The Balaban J connectivity index is 1.57. The van der Waals surface area contributed by atoms with Gasteiger partial charge in [-0.15, -0.1) is 0 Å². The van der Waals surface area contributed by atoms with E-state index in [1.807, 2.05) is 29.2 Å². The maximum absolute atomic E-state index is 13.6. The number of rotatable bonds is 7.